The number of carbonyl (C=O) groups is 1. The third kappa shape index (κ3) is 3.73. The number of aliphatic hydroxyl groups excluding tert-OH is 1. The summed E-state index contributed by atoms with van der Waals surface area (Å²) < 4.78 is 5.22. The molecule has 1 heterocycles. The first-order valence-electron chi connectivity index (χ1n) is 5.92. The van der Waals surface area contributed by atoms with Gasteiger partial charge in [-0.2, -0.15) is 0 Å². The van der Waals surface area contributed by atoms with Crippen LogP contribution in [0.5, 0.6) is 0 Å². The minimum absolute atomic E-state index is 0.0308. The van der Waals surface area contributed by atoms with Gasteiger partial charge in [0, 0.05) is 19.0 Å². The highest BCUT2D eigenvalue weighted by Gasteiger charge is 2.27. The zero-order chi connectivity index (χ0) is 12.0. The Morgan fingerprint density at radius 3 is 3.06 bits per heavy atom. The topological polar surface area (TPSA) is 75.8 Å². The molecule has 1 aliphatic rings. The summed E-state index contributed by atoms with van der Waals surface area (Å²) >= 11 is 0. The van der Waals surface area contributed by atoms with Crippen molar-refractivity contribution in [1.82, 2.24) is 4.90 Å². The van der Waals surface area contributed by atoms with E-state index in [0.717, 1.165) is 12.8 Å². The molecule has 1 aliphatic heterocycles. The Morgan fingerprint density at radius 2 is 2.44 bits per heavy atom. The van der Waals surface area contributed by atoms with Gasteiger partial charge in [-0.1, -0.05) is 13.3 Å². The number of nitrogens with two attached hydrogens (primary N) is 1. The number of morpholine rings is 1. The van der Waals surface area contributed by atoms with E-state index < -0.39 is 0 Å². The number of carbonyl (C=O) groups excluding carboxylic acids is 1. The summed E-state index contributed by atoms with van der Waals surface area (Å²) in [5, 5.41) is 9.14. The fourth-order valence-corrected chi connectivity index (χ4v) is 1.95. The van der Waals surface area contributed by atoms with Crippen LogP contribution in [0.15, 0.2) is 0 Å². The van der Waals surface area contributed by atoms with Gasteiger partial charge < -0.3 is 20.5 Å². The molecule has 5 heteroatoms. The van der Waals surface area contributed by atoms with Crippen molar-refractivity contribution in [2.45, 2.75) is 38.3 Å². The number of nitrogens with zero attached hydrogens (tertiary/aromatic N) is 1. The number of hydrogen-bond donors (Lipinski definition) is 2. The molecule has 94 valence electrons. The summed E-state index contributed by atoms with van der Waals surface area (Å²) in [6, 6.07) is -0.269. The van der Waals surface area contributed by atoms with Crippen molar-refractivity contribution in [1.29, 1.82) is 0 Å². The zero-order valence-corrected chi connectivity index (χ0v) is 9.89. The Kier molecular flexibility index (Phi) is 5.73. The summed E-state index contributed by atoms with van der Waals surface area (Å²) in [4.78, 5) is 13.6. The Morgan fingerprint density at radius 1 is 1.69 bits per heavy atom. The summed E-state index contributed by atoms with van der Waals surface area (Å²) in [5.41, 5.74) is 5.84. The minimum Gasteiger partial charge on any atom is -0.394 e. The zero-order valence-electron chi connectivity index (χ0n) is 9.89. The second-order valence-corrected chi connectivity index (χ2v) is 4.25. The molecule has 0 radical (unpaired) electrons. The lowest BCUT2D eigenvalue weighted by atomic mass is 10.1. The molecule has 0 saturated carbocycles. The van der Waals surface area contributed by atoms with Gasteiger partial charge in [-0.25, -0.2) is 0 Å². The lowest BCUT2D eigenvalue weighted by Crippen LogP contribution is -2.51. The average Bonchev–Trinajstić information content (AvgIpc) is 2.29. The van der Waals surface area contributed by atoms with Crippen molar-refractivity contribution in [3.05, 3.63) is 0 Å². The van der Waals surface area contributed by atoms with Crippen molar-refractivity contribution in [3.63, 3.8) is 0 Å². The van der Waals surface area contributed by atoms with E-state index in [9.17, 15) is 4.79 Å². The van der Waals surface area contributed by atoms with Gasteiger partial charge in [0.1, 0.15) is 0 Å². The van der Waals surface area contributed by atoms with Gasteiger partial charge in [-0.05, 0) is 6.42 Å². The molecule has 0 bridgehead atoms. The third-order valence-electron chi connectivity index (χ3n) is 2.85. The fraction of sp³-hybridized carbons (Fsp3) is 0.909. The van der Waals surface area contributed by atoms with Gasteiger partial charge in [0.2, 0.25) is 5.91 Å². The van der Waals surface area contributed by atoms with E-state index >= 15 is 0 Å². The molecule has 5 nitrogen and oxygen atoms in total. The van der Waals surface area contributed by atoms with Gasteiger partial charge in [-0.3, -0.25) is 4.79 Å². The van der Waals surface area contributed by atoms with Crippen LogP contribution in [-0.4, -0.2) is 54.4 Å². The largest absolute Gasteiger partial charge is 0.394 e. The second kappa shape index (κ2) is 6.83. The predicted octanol–water partition coefficient (Wildman–Crippen LogP) is -0.276. The number of aliphatic hydroxyl groups is 1. The third-order valence-corrected chi connectivity index (χ3v) is 2.85. The van der Waals surface area contributed by atoms with Crippen LogP contribution < -0.4 is 5.73 Å². The summed E-state index contributed by atoms with van der Waals surface area (Å²) in [6.07, 6.45) is 2.21. The maximum absolute atomic E-state index is 11.9. The molecule has 0 aromatic carbocycles. The van der Waals surface area contributed by atoms with Crippen LogP contribution in [0.25, 0.3) is 0 Å². The SMILES string of the molecule is CCCC(N)CC(=O)N1CCOCC1CO. The quantitative estimate of drug-likeness (QED) is 0.681. The Hall–Kier alpha value is -0.650. The Balaban J connectivity index is 2.44. The molecule has 0 aromatic heterocycles. The highest BCUT2D eigenvalue weighted by molar-refractivity contribution is 5.77. The van der Waals surface area contributed by atoms with Crippen LogP contribution in [0.1, 0.15) is 26.2 Å². The first-order chi connectivity index (χ1) is 7.69. The molecule has 16 heavy (non-hydrogen) atoms. The number of rotatable bonds is 5. The normalized spacial score (nSPS) is 23.2. The summed E-state index contributed by atoms with van der Waals surface area (Å²) in [6.45, 7) is 3.53. The maximum atomic E-state index is 11.9. The van der Waals surface area contributed by atoms with Gasteiger partial charge in [-0.15, -0.1) is 0 Å². The van der Waals surface area contributed by atoms with Crippen molar-refractivity contribution < 1.29 is 14.6 Å². The van der Waals surface area contributed by atoms with E-state index in [4.69, 9.17) is 15.6 Å². The monoisotopic (exact) mass is 230 g/mol. The smallest absolute Gasteiger partial charge is 0.224 e. The molecular formula is C11H22N2O3. The molecule has 0 aromatic rings. The predicted molar refractivity (Wildman–Crippen MR) is 60.9 cm³/mol. The van der Waals surface area contributed by atoms with E-state index in [1.54, 1.807) is 4.90 Å². The van der Waals surface area contributed by atoms with Gasteiger partial charge in [0.25, 0.3) is 0 Å². The highest BCUT2D eigenvalue weighted by Crippen LogP contribution is 2.10. The highest BCUT2D eigenvalue weighted by atomic mass is 16.5. The van der Waals surface area contributed by atoms with Crippen LogP contribution in [0.2, 0.25) is 0 Å². The molecule has 0 aliphatic carbocycles. The van der Waals surface area contributed by atoms with Gasteiger partial charge >= 0.3 is 0 Å². The van der Waals surface area contributed by atoms with Crippen LogP contribution in [0, 0.1) is 0 Å². The first kappa shape index (κ1) is 13.4. The van der Waals surface area contributed by atoms with E-state index in [1.165, 1.54) is 0 Å². The molecule has 1 saturated heterocycles. The molecule has 0 spiro atoms. The molecular weight excluding hydrogens is 208 g/mol. The van der Waals surface area contributed by atoms with Crippen molar-refractivity contribution in [3.8, 4) is 0 Å². The summed E-state index contributed by atoms with van der Waals surface area (Å²) in [5.74, 6) is 0.0308. The Bertz CT molecular complexity index is 223. The maximum Gasteiger partial charge on any atom is 0.224 e. The molecule has 1 rings (SSSR count). The summed E-state index contributed by atoms with van der Waals surface area (Å²) in [7, 11) is 0. The van der Waals surface area contributed by atoms with E-state index in [2.05, 4.69) is 6.92 Å². The van der Waals surface area contributed by atoms with Crippen molar-refractivity contribution in [2.24, 2.45) is 5.73 Å². The molecule has 1 fully saturated rings. The first-order valence-corrected chi connectivity index (χ1v) is 5.92. The minimum atomic E-state index is -0.199. The molecule has 2 unspecified atom stereocenters. The Labute approximate surface area is 96.6 Å². The lowest BCUT2D eigenvalue weighted by molar-refractivity contribution is -0.142. The lowest BCUT2D eigenvalue weighted by Gasteiger charge is -2.35. The van der Waals surface area contributed by atoms with E-state index in [1.807, 2.05) is 0 Å². The van der Waals surface area contributed by atoms with E-state index in [0.29, 0.717) is 26.2 Å². The molecule has 1 amide bonds. The standard InChI is InChI=1S/C11H22N2O3/c1-2-3-9(12)6-11(15)13-4-5-16-8-10(13)7-14/h9-10,14H,2-8,12H2,1H3. The molecule has 3 N–H and O–H groups in total. The van der Waals surface area contributed by atoms with Crippen LogP contribution in [0.4, 0.5) is 0 Å². The number of amides is 1. The van der Waals surface area contributed by atoms with E-state index in [-0.39, 0.29) is 24.6 Å². The number of hydrogen-bond acceptors (Lipinski definition) is 4. The van der Waals surface area contributed by atoms with Crippen LogP contribution in [0.3, 0.4) is 0 Å². The van der Waals surface area contributed by atoms with Crippen molar-refractivity contribution in [2.75, 3.05) is 26.4 Å². The number of ether oxygens (including phenoxy) is 1. The van der Waals surface area contributed by atoms with Gasteiger partial charge in [0.15, 0.2) is 0 Å². The average molecular weight is 230 g/mol. The van der Waals surface area contributed by atoms with Crippen LogP contribution >= 0.6 is 0 Å². The molecule has 2 atom stereocenters. The second-order valence-electron chi connectivity index (χ2n) is 4.25. The van der Waals surface area contributed by atoms with Crippen LogP contribution in [-0.2, 0) is 9.53 Å². The fourth-order valence-electron chi connectivity index (χ4n) is 1.95. The van der Waals surface area contributed by atoms with Gasteiger partial charge in [0.05, 0.1) is 25.9 Å². The van der Waals surface area contributed by atoms with Crippen molar-refractivity contribution >= 4 is 5.91 Å².